The number of esters is 1. The highest BCUT2D eigenvalue weighted by atomic mass is 32.2. The molecule has 0 saturated carbocycles. The number of carbonyl (C=O) groups is 1. The second kappa shape index (κ2) is 6.54. The summed E-state index contributed by atoms with van der Waals surface area (Å²) in [5, 5.41) is 0.933. The van der Waals surface area contributed by atoms with Crippen LogP contribution in [-0.2, 0) is 29.4 Å². The second-order valence-electron chi connectivity index (χ2n) is 5.26. The van der Waals surface area contributed by atoms with E-state index in [1.807, 2.05) is 0 Å². The van der Waals surface area contributed by atoms with Crippen molar-refractivity contribution in [2.75, 3.05) is 12.9 Å². The first kappa shape index (κ1) is 17.8. The van der Waals surface area contributed by atoms with Gasteiger partial charge in [-0.05, 0) is 25.8 Å². The summed E-state index contributed by atoms with van der Waals surface area (Å²) in [4.78, 5) is 15.7. The highest BCUT2D eigenvalue weighted by molar-refractivity contribution is 7.99. The molecule has 23 heavy (non-hydrogen) atoms. The number of rotatable bonds is 5. The molecule has 0 saturated heterocycles. The van der Waals surface area contributed by atoms with Gasteiger partial charge in [0.15, 0.2) is 0 Å². The van der Waals surface area contributed by atoms with E-state index >= 15 is 0 Å². The van der Waals surface area contributed by atoms with Crippen LogP contribution >= 0.6 is 0 Å². The lowest BCUT2D eigenvalue weighted by Gasteiger charge is -2.24. The minimum Gasteiger partial charge on any atom is -0.466 e. The summed E-state index contributed by atoms with van der Waals surface area (Å²) in [5.41, 5.74) is 0.475. The molecular weight excluding hydrogens is 344 g/mol. The molecule has 0 amide bonds. The smallest absolute Gasteiger partial charge is 0.311 e. The molecule has 1 unspecified atom stereocenters. The average Bonchev–Trinajstić information content (AvgIpc) is 2.37. The Morgan fingerprint density at radius 1 is 1.48 bits per heavy atom. The average molecular weight is 362 g/mol. The van der Waals surface area contributed by atoms with Crippen LogP contribution in [0.1, 0.15) is 26.2 Å². The number of hydrogen-bond donors (Lipinski definition) is 1. The molecule has 0 radical (unpaired) electrons. The maximum atomic E-state index is 12.3. The maximum absolute atomic E-state index is 12.3. The number of carbonyl (C=O) groups excluding carboxylic acids is 1. The van der Waals surface area contributed by atoms with Crippen molar-refractivity contribution in [3.8, 4) is 0 Å². The van der Waals surface area contributed by atoms with Gasteiger partial charge in [0.2, 0.25) is 19.9 Å². The van der Waals surface area contributed by atoms with Gasteiger partial charge in [-0.15, -0.1) is 0 Å². The van der Waals surface area contributed by atoms with Crippen molar-refractivity contribution < 1.29 is 26.4 Å². The van der Waals surface area contributed by atoms with Gasteiger partial charge in [-0.3, -0.25) is 9.79 Å². The first-order chi connectivity index (χ1) is 10.6. The fourth-order valence-electron chi connectivity index (χ4n) is 2.40. The van der Waals surface area contributed by atoms with Gasteiger partial charge in [0.25, 0.3) is 0 Å². The lowest BCUT2D eigenvalue weighted by Crippen LogP contribution is -2.37. The van der Waals surface area contributed by atoms with Crippen LogP contribution in [0.4, 0.5) is 0 Å². The summed E-state index contributed by atoms with van der Waals surface area (Å²) in [5.74, 6) is -0.543. The lowest BCUT2D eigenvalue weighted by atomic mass is 10.0. The number of hydrogen-bond acceptors (Lipinski definition) is 7. The molecule has 1 aliphatic heterocycles. The Kier molecular flexibility index (Phi) is 5.07. The van der Waals surface area contributed by atoms with E-state index in [0.29, 0.717) is 18.6 Å². The minimum absolute atomic E-state index is 0.00231. The molecule has 10 heteroatoms. The molecular formula is C13H18N2O6S2. The Balaban J connectivity index is 2.27. The van der Waals surface area contributed by atoms with Crippen molar-refractivity contribution in [1.29, 1.82) is 0 Å². The molecule has 0 aromatic heterocycles. The van der Waals surface area contributed by atoms with Crippen LogP contribution in [0.3, 0.4) is 0 Å². The molecule has 1 aliphatic carbocycles. The summed E-state index contributed by atoms with van der Waals surface area (Å²) >= 11 is 0. The number of fused-ring (bicyclic) bond motifs is 1. The molecule has 0 aromatic rings. The zero-order valence-electron chi connectivity index (χ0n) is 12.8. The Morgan fingerprint density at radius 3 is 2.78 bits per heavy atom. The highest BCUT2D eigenvalue weighted by Crippen LogP contribution is 2.29. The zero-order valence-corrected chi connectivity index (χ0v) is 14.4. The zero-order chi connectivity index (χ0) is 17.3. The fraction of sp³-hybridized carbons (Fsp3) is 0.538. The van der Waals surface area contributed by atoms with Gasteiger partial charge in [-0.2, -0.15) is 0 Å². The topological polar surface area (TPSA) is 119 Å². The van der Waals surface area contributed by atoms with Crippen LogP contribution in [-0.4, -0.2) is 47.4 Å². The molecule has 2 aliphatic rings. The number of ether oxygens (including phenoxy) is 1. The van der Waals surface area contributed by atoms with Crippen LogP contribution < -0.4 is 4.72 Å². The van der Waals surface area contributed by atoms with Crippen molar-refractivity contribution in [3.63, 3.8) is 0 Å². The van der Waals surface area contributed by atoms with Gasteiger partial charge < -0.3 is 4.74 Å². The van der Waals surface area contributed by atoms with Crippen LogP contribution in [0, 0.1) is 0 Å². The number of aliphatic imine (C=N–C) groups is 1. The summed E-state index contributed by atoms with van der Waals surface area (Å²) in [6.07, 6.45) is 2.86. The van der Waals surface area contributed by atoms with Crippen molar-refractivity contribution in [3.05, 3.63) is 22.1 Å². The Labute approximate surface area is 135 Å². The van der Waals surface area contributed by atoms with E-state index in [1.165, 1.54) is 6.08 Å². The van der Waals surface area contributed by atoms with E-state index in [1.54, 1.807) is 6.92 Å². The summed E-state index contributed by atoms with van der Waals surface area (Å²) in [6, 6.07) is -0.589. The summed E-state index contributed by atoms with van der Waals surface area (Å²) < 4.78 is 54.3. The van der Waals surface area contributed by atoms with Crippen LogP contribution in [0.15, 0.2) is 27.1 Å². The molecule has 2 rings (SSSR count). The standard InChI is InChI=1S/C13H18N2O6S2/c1-3-21-13(16)7-10-8-23(19,20)12-6-9(15-22(2,17)18)4-5-11(12)14-10/h6,8-9,15H,3-5,7H2,1-2H3. The van der Waals surface area contributed by atoms with Crippen molar-refractivity contribution >= 4 is 31.5 Å². The third kappa shape index (κ3) is 4.72. The van der Waals surface area contributed by atoms with Gasteiger partial charge >= 0.3 is 5.97 Å². The van der Waals surface area contributed by atoms with Gasteiger partial charge in [-0.1, -0.05) is 0 Å². The maximum Gasteiger partial charge on any atom is 0.311 e. The number of sulfone groups is 1. The molecule has 0 bridgehead atoms. The molecule has 128 valence electrons. The molecule has 1 atom stereocenters. The Morgan fingerprint density at radius 2 is 2.17 bits per heavy atom. The predicted molar refractivity (Wildman–Crippen MR) is 84.8 cm³/mol. The molecule has 0 aromatic carbocycles. The third-order valence-electron chi connectivity index (χ3n) is 3.20. The predicted octanol–water partition coefficient (Wildman–Crippen LogP) is 0.246. The number of allylic oxidation sites excluding steroid dienone is 1. The third-order valence-corrected chi connectivity index (χ3v) is 5.50. The number of nitrogens with one attached hydrogen (secondary N) is 1. The van der Waals surface area contributed by atoms with E-state index in [2.05, 4.69) is 9.71 Å². The summed E-state index contributed by atoms with van der Waals surface area (Å²) in [6.45, 7) is 1.87. The minimum atomic E-state index is -3.76. The van der Waals surface area contributed by atoms with Gasteiger partial charge in [0.1, 0.15) is 0 Å². The van der Waals surface area contributed by atoms with E-state index in [-0.39, 0.29) is 23.6 Å². The van der Waals surface area contributed by atoms with E-state index < -0.39 is 31.9 Å². The lowest BCUT2D eigenvalue weighted by molar-refractivity contribution is -0.142. The Bertz CT molecular complexity index is 805. The van der Waals surface area contributed by atoms with Crippen molar-refractivity contribution in [2.24, 2.45) is 4.99 Å². The normalized spacial score (nSPS) is 23.2. The van der Waals surface area contributed by atoms with Gasteiger partial charge in [0, 0.05) is 6.04 Å². The van der Waals surface area contributed by atoms with E-state index in [9.17, 15) is 21.6 Å². The van der Waals surface area contributed by atoms with Gasteiger partial charge in [-0.25, -0.2) is 21.6 Å². The van der Waals surface area contributed by atoms with E-state index in [4.69, 9.17) is 4.74 Å². The molecule has 8 nitrogen and oxygen atoms in total. The largest absolute Gasteiger partial charge is 0.466 e. The summed E-state index contributed by atoms with van der Waals surface area (Å²) in [7, 11) is -7.19. The first-order valence-electron chi connectivity index (χ1n) is 6.99. The molecule has 1 N–H and O–H groups in total. The molecule has 0 spiro atoms. The highest BCUT2D eigenvalue weighted by Gasteiger charge is 2.32. The fourth-order valence-corrected chi connectivity index (χ4v) is 4.59. The Hall–Kier alpha value is -1.52. The number of nitrogens with zero attached hydrogens (tertiary/aromatic N) is 1. The molecule has 1 heterocycles. The second-order valence-corrected chi connectivity index (χ2v) is 8.81. The van der Waals surface area contributed by atoms with Crippen molar-refractivity contribution in [2.45, 2.75) is 32.2 Å². The van der Waals surface area contributed by atoms with Gasteiger partial charge in [0.05, 0.1) is 41.0 Å². The number of sulfonamides is 1. The van der Waals surface area contributed by atoms with Crippen LogP contribution in [0.25, 0.3) is 0 Å². The van der Waals surface area contributed by atoms with Crippen LogP contribution in [0.2, 0.25) is 0 Å². The monoisotopic (exact) mass is 362 g/mol. The SMILES string of the molecule is CCOC(=O)CC1=CS(=O)(=O)C2=CC(NS(C)(=O)=O)CCC2=N1. The van der Waals surface area contributed by atoms with Crippen molar-refractivity contribution in [1.82, 2.24) is 4.72 Å². The van der Waals surface area contributed by atoms with Crippen LogP contribution in [0.5, 0.6) is 0 Å². The first-order valence-corrected chi connectivity index (χ1v) is 10.4. The quantitative estimate of drug-likeness (QED) is 0.700. The van der Waals surface area contributed by atoms with E-state index in [0.717, 1.165) is 11.7 Å². The molecule has 0 fully saturated rings.